The minimum atomic E-state index is 0.168. The summed E-state index contributed by atoms with van der Waals surface area (Å²) < 4.78 is 5.24. The van der Waals surface area contributed by atoms with E-state index in [1.165, 1.54) is 12.0 Å². The zero-order chi connectivity index (χ0) is 9.47. The molecule has 0 bridgehead atoms. The number of rotatable bonds is 0. The molecule has 0 spiro atoms. The summed E-state index contributed by atoms with van der Waals surface area (Å²) in [5, 5.41) is 0. The highest BCUT2D eigenvalue weighted by molar-refractivity contribution is 5.73. The molecule has 1 aromatic heterocycles. The summed E-state index contributed by atoms with van der Waals surface area (Å²) in [6, 6.07) is 6.16. The Morgan fingerprint density at radius 1 is 1.23 bits per heavy atom. The predicted octanol–water partition coefficient (Wildman–Crippen LogP) is 3.13. The largest absolute Gasteiger partial charge is 0.443 e. The van der Waals surface area contributed by atoms with Crippen molar-refractivity contribution in [1.29, 1.82) is 0 Å². The van der Waals surface area contributed by atoms with Crippen LogP contribution in [0, 0.1) is 0 Å². The molecule has 0 fully saturated rings. The molecular weight excluding hydrogens is 162 g/mol. The van der Waals surface area contributed by atoms with Crippen LogP contribution in [0.5, 0.6) is 0 Å². The third kappa shape index (κ3) is 1.44. The zero-order valence-corrected chi connectivity index (χ0v) is 8.16. The van der Waals surface area contributed by atoms with Gasteiger partial charge in [-0.3, -0.25) is 0 Å². The van der Waals surface area contributed by atoms with Gasteiger partial charge in [-0.1, -0.05) is 26.8 Å². The lowest BCUT2D eigenvalue weighted by molar-refractivity contribution is 0.580. The zero-order valence-electron chi connectivity index (χ0n) is 8.16. The first-order valence-electron chi connectivity index (χ1n) is 4.41. The van der Waals surface area contributed by atoms with Gasteiger partial charge in [-0.2, -0.15) is 0 Å². The van der Waals surface area contributed by atoms with Gasteiger partial charge in [-0.15, -0.1) is 0 Å². The van der Waals surface area contributed by atoms with Gasteiger partial charge in [0.2, 0.25) is 0 Å². The quantitative estimate of drug-likeness (QED) is 0.614. The fourth-order valence-electron chi connectivity index (χ4n) is 1.32. The fraction of sp³-hybridized carbons (Fsp3) is 0.364. The van der Waals surface area contributed by atoms with Crippen molar-refractivity contribution < 1.29 is 4.42 Å². The molecule has 0 amide bonds. The summed E-state index contributed by atoms with van der Waals surface area (Å²) in [5.74, 6) is 0. The van der Waals surface area contributed by atoms with Gasteiger partial charge in [0.15, 0.2) is 12.0 Å². The van der Waals surface area contributed by atoms with Gasteiger partial charge in [0.1, 0.15) is 5.52 Å². The second kappa shape index (κ2) is 2.59. The van der Waals surface area contributed by atoms with Crippen molar-refractivity contribution in [2.75, 3.05) is 0 Å². The van der Waals surface area contributed by atoms with Crippen LogP contribution in [0.1, 0.15) is 26.3 Å². The Kier molecular flexibility index (Phi) is 1.65. The maximum atomic E-state index is 5.24. The molecule has 1 heterocycles. The SMILES string of the molecule is CC(C)(C)c1ccc2ncoc2c1. The molecule has 2 heteroatoms. The van der Waals surface area contributed by atoms with Crippen LogP contribution in [0.25, 0.3) is 11.1 Å². The van der Waals surface area contributed by atoms with Crippen LogP contribution in [0.15, 0.2) is 29.0 Å². The summed E-state index contributed by atoms with van der Waals surface area (Å²) >= 11 is 0. The Bertz CT molecular complexity index is 423. The molecule has 0 saturated carbocycles. The Labute approximate surface area is 77.6 Å². The number of nitrogens with zero attached hydrogens (tertiary/aromatic N) is 1. The van der Waals surface area contributed by atoms with Gasteiger partial charge in [-0.05, 0) is 23.1 Å². The summed E-state index contributed by atoms with van der Waals surface area (Å²) in [5.41, 5.74) is 3.23. The van der Waals surface area contributed by atoms with E-state index in [4.69, 9.17) is 4.42 Å². The maximum absolute atomic E-state index is 5.24. The highest BCUT2D eigenvalue weighted by atomic mass is 16.3. The number of fused-ring (bicyclic) bond motifs is 1. The van der Waals surface area contributed by atoms with Crippen molar-refractivity contribution in [3.05, 3.63) is 30.2 Å². The fourth-order valence-corrected chi connectivity index (χ4v) is 1.32. The van der Waals surface area contributed by atoms with E-state index in [1.54, 1.807) is 0 Å². The number of benzene rings is 1. The van der Waals surface area contributed by atoms with Crippen molar-refractivity contribution in [3.8, 4) is 0 Å². The van der Waals surface area contributed by atoms with E-state index in [-0.39, 0.29) is 5.41 Å². The Morgan fingerprint density at radius 2 is 2.00 bits per heavy atom. The van der Waals surface area contributed by atoms with Crippen LogP contribution in [0.2, 0.25) is 0 Å². The van der Waals surface area contributed by atoms with Crippen LogP contribution in [0.4, 0.5) is 0 Å². The first kappa shape index (κ1) is 8.30. The van der Waals surface area contributed by atoms with E-state index in [1.807, 2.05) is 6.07 Å². The predicted molar refractivity (Wildman–Crippen MR) is 52.7 cm³/mol. The smallest absolute Gasteiger partial charge is 0.181 e. The lowest BCUT2D eigenvalue weighted by atomic mass is 9.87. The summed E-state index contributed by atoms with van der Waals surface area (Å²) in [7, 11) is 0. The van der Waals surface area contributed by atoms with Crippen LogP contribution < -0.4 is 0 Å². The summed E-state index contributed by atoms with van der Waals surface area (Å²) in [4.78, 5) is 4.08. The molecule has 68 valence electrons. The van der Waals surface area contributed by atoms with Crippen LogP contribution >= 0.6 is 0 Å². The van der Waals surface area contributed by atoms with Crippen molar-refractivity contribution >= 4 is 11.1 Å². The van der Waals surface area contributed by atoms with Crippen LogP contribution in [0.3, 0.4) is 0 Å². The van der Waals surface area contributed by atoms with Gasteiger partial charge in [0.05, 0.1) is 0 Å². The molecule has 13 heavy (non-hydrogen) atoms. The molecule has 0 unspecified atom stereocenters. The van der Waals surface area contributed by atoms with Gasteiger partial charge in [0, 0.05) is 0 Å². The highest BCUT2D eigenvalue weighted by Gasteiger charge is 2.14. The van der Waals surface area contributed by atoms with Crippen LogP contribution in [-0.4, -0.2) is 4.98 Å². The molecule has 0 saturated heterocycles. The minimum absolute atomic E-state index is 0.168. The van der Waals surface area contributed by atoms with Gasteiger partial charge >= 0.3 is 0 Å². The topological polar surface area (TPSA) is 26.0 Å². The average molecular weight is 175 g/mol. The number of hydrogen-bond donors (Lipinski definition) is 0. The first-order valence-corrected chi connectivity index (χ1v) is 4.41. The van der Waals surface area contributed by atoms with E-state index in [0.717, 1.165) is 11.1 Å². The molecule has 1 aromatic carbocycles. The Hall–Kier alpha value is -1.31. The Balaban J connectivity index is 2.61. The monoisotopic (exact) mass is 175 g/mol. The Morgan fingerprint density at radius 3 is 2.69 bits per heavy atom. The van der Waals surface area contributed by atoms with Gasteiger partial charge in [0.25, 0.3) is 0 Å². The van der Waals surface area contributed by atoms with Crippen molar-refractivity contribution in [2.24, 2.45) is 0 Å². The molecule has 2 rings (SSSR count). The molecular formula is C11H13NO. The minimum Gasteiger partial charge on any atom is -0.443 e. The molecule has 0 radical (unpaired) electrons. The molecule has 2 aromatic rings. The number of aromatic nitrogens is 1. The second-order valence-electron chi connectivity index (χ2n) is 4.28. The summed E-state index contributed by atoms with van der Waals surface area (Å²) in [6.45, 7) is 6.56. The molecule has 0 aliphatic rings. The maximum Gasteiger partial charge on any atom is 0.181 e. The first-order chi connectivity index (χ1) is 6.07. The average Bonchev–Trinajstić information content (AvgIpc) is 2.47. The molecule has 0 aliphatic carbocycles. The second-order valence-corrected chi connectivity index (χ2v) is 4.28. The van der Waals surface area contributed by atoms with E-state index in [9.17, 15) is 0 Å². The molecule has 0 aliphatic heterocycles. The van der Waals surface area contributed by atoms with Crippen LogP contribution in [-0.2, 0) is 5.41 Å². The van der Waals surface area contributed by atoms with E-state index in [2.05, 4.69) is 37.9 Å². The van der Waals surface area contributed by atoms with Crippen molar-refractivity contribution in [3.63, 3.8) is 0 Å². The third-order valence-corrected chi connectivity index (χ3v) is 2.20. The van der Waals surface area contributed by atoms with Gasteiger partial charge in [-0.25, -0.2) is 4.98 Å². The highest BCUT2D eigenvalue weighted by Crippen LogP contribution is 2.25. The van der Waals surface area contributed by atoms with Gasteiger partial charge < -0.3 is 4.42 Å². The number of hydrogen-bond acceptors (Lipinski definition) is 2. The molecule has 2 nitrogen and oxygen atoms in total. The lowest BCUT2D eigenvalue weighted by Crippen LogP contribution is -2.10. The summed E-state index contributed by atoms with van der Waals surface area (Å²) in [6.07, 6.45) is 1.48. The van der Waals surface area contributed by atoms with E-state index in [0.29, 0.717) is 0 Å². The third-order valence-electron chi connectivity index (χ3n) is 2.20. The van der Waals surface area contributed by atoms with E-state index < -0.39 is 0 Å². The van der Waals surface area contributed by atoms with E-state index >= 15 is 0 Å². The lowest BCUT2D eigenvalue weighted by Gasteiger charge is -2.18. The van der Waals surface area contributed by atoms with Crippen molar-refractivity contribution in [2.45, 2.75) is 26.2 Å². The molecule has 0 N–H and O–H groups in total. The van der Waals surface area contributed by atoms with Crippen molar-refractivity contribution in [1.82, 2.24) is 4.98 Å². The number of oxazole rings is 1. The normalized spacial score (nSPS) is 12.2. The molecule has 0 atom stereocenters. The standard InChI is InChI=1S/C11H13NO/c1-11(2,3)8-4-5-9-10(6-8)13-7-12-9/h4-7H,1-3H3.